The Morgan fingerprint density at radius 2 is 1.95 bits per heavy atom. The highest BCUT2D eigenvalue weighted by Gasteiger charge is 1.99. The van der Waals surface area contributed by atoms with Gasteiger partial charge in [0.2, 0.25) is 5.91 Å². The molecule has 0 unspecified atom stereocenters. The Balaban J connectivity index is 0.00000220. The highest BCUT2D eigenvalue weighted by atomic mass is 35.5. The molecule has 0 radical (unpaired) electrons. The number of nitrogens with one attached hydrogen (secondary N) is 1. The van der Waals surface area contributed by atoms with Crippen LogP contribution in [-0.2, 0) is 11.2 Å². The molecule has 0 spiro atoms. The molecule has 1 N–H and O–H groups in total. The maximum atomic E-state index is 13.3. The van der Waals surface area contributed by atoms with Crippen molar-refractivity contribution in [1.82, 2.24) is 10.3 Å². The van der Waals surface area contributed by atoms with E-state index in [1.807, 2.05) is 18.2 Å². The van der Waals surface area contributed by atoms with Crippen molar-refractivity contribution in [2.45, 2.75) is 6.42 Å². The fourth-order valence-electron chi connectivity index (χ4n) is 1.69. The van der Waals surface area contributed by atoms with Crippen LogP contribution in [0.25, 0.3) is 6.08 Å². The Morgan fingerprint density at radius 3 is 2.67 bits per heavy atom. The summed E-state index contributed by atoms with van der Waals surface area (Å²) in [5.41, 5.74) is 1.32. The van der Waals surface area contributed by atoms with Crippen LogP contribution in [0.1, 0.15) is 11.3 Å². The third-order valence-electron chi connectivity index (χ3n) is 2.73. The summed E-state index contributed by atoms with van der Waals surface area (Å²) in [6.45, 7) is 0.497. The fraction of sp³-hybridized carbons (Fsp3) is 0.125. The minimum atomic E-state index is -0.343. The lowest BCUT2D eigenvalue weighted by molar-refractivity contribution is -0.116. The zero-order valence-electron chi connectivity index (χ0n) is 11.3. The molecule has 0 aliphatic heterocycles. The molecule has 0 atom stereocenters. The smallest absolute Gasteiger partial charge is 0.244 e. The molecule has 0 aliphatic rings. The van der Waals surface area contributed by atoms with Crippen molar-refractivity contribution in [2.75, 3.05) is 6.54 Å². The Bertz CT molecular complexity index is 602. The van der Waals surface area contributed by atoms with E-state index in [0.717, 1.165) is 5.69 Å². The van der Waals surface area contributed by atoms with E-state index in [9.17, 15) is 9.18 Å². The number of pyridine rings is 1. The van der Waals surface area contributed by atoms with Crippen molar-refractivity contribution in [1.29, 1.82) is 0 Å². The van der Waals surface area contributed by atoms with E-state index in [1.165, 1.54) is 18.2 Å². The second-order valence-electron chi connectivity index (χ2n) is 4.22. The second kappa shape index (κ2) is 8.87. The number of hydrogen-bond acceptors (Lipinski definition) is 2. The molecule has 3 nitrogen and oxygen atoms in total. The van der Waals surface area contributed by atoms with E-state index in [0.29, 0.717) is 18.5 Å². The molecule has 1 aromatic carbocycles. The number of carbonyl (C=O) groups excluding carboxylic acids is 1. The van der Waals surface area contributed by atoms with Crippen LogP contribution < -0.4 is 5.32 Å². The summed E-state index contributed by atoms with van der Waals surface area (Å²) in [7, 11) is 0. The minimum absolute atomic E-state index is 0. The van der Waals surface area contributed by atoms with E-state index in [2.05, 4.69) is 10.3 Å². The van der Waals surface area contributed by atoms with Gasteiger partial charge in [0.15, 0.2) is 0 Å². The number of carbonyl (C=O) groups is 1. The molecule has 0 saturated carbocycles. The number of nitrogens with zero attached hydrogens (tertiary/aromatic N) is 1. The standard InChI is InChI=1S/C16H15FN2O.ClH/c17-15-7-2-1-5-13(15)8-9-16(20)19-12-10-14-6-3-4-11-18-14;/h1-9,11H,10,12H2,(H,19,20);1H/b9-8+;. The van der Waals surface area contributed by atoms with Crippen molar-refractivity contribution in [3.8, 4) is 0 Å². The Hall–Kier alpha value is -2.20. The van der Waals surface area contributed by atoms with Gasteiger partial charge in [-0.2, -0.15) is 0 Å². The maximum absolute atomic E-state index is 13.3. The zero-order chi connectivity index (χ0) is 14.2. The van der Waals surface area contributed by atoms with E-state index >= 15 is 0 Å². The van der Waals surface area contributed by atoms with Crippen molar-refractivity contribution in [2.24, 2.45) is 0 Å². The lowest BCUT2D eigenvalue weighted by Crippen LogP contribution is -2.23. The Labute approximate surface area is 129 Å². The minimum Gasteiger partial charge on any atom is -0.352 e. The van der Waals surface area contributed by atoms with Crippen LogP contribution in [0.3, 0.4) is 0 Å². The van der Waals surface area contributed by atoms with Gasteiger partial charge in [0.25, 0.3) is 0 Å². The van der Waals surface area contributed by atoms with Crippen molar-refractivity contribution >= 4 is 24.4 Å². The number of halogens is 2. The monoisotopic (exact) mass is 306 g/mol. The summed E-state index contributed by atoms with van der Waals surface area (Å²) in [6, 6.07) is 12.0. The van der Waals surface area contributed by atoms with Gasteiger partial charge < -0.3 is 5.32 Å². The molecular formula is C16H16ClFN2O. The van der Waals surface area contributed by atoms with Gasteiger partial charge in [-0.3, -0.25) is 9.78 Å². The van der Waals surface area contributed by atoms with Crippen molar-refractivity contribution < 1.29 is 9.18 Å². The van der Waals surface area contributed by atoms with Crippen LogP contribution in [0.4, 0.5) is 4.39 Å². The number of amides is 1. The quantitative estimate of drug-likeness (QED) is 0.863. The van der Waals surface area contributed by atoms with E-state index in [4.69, 9.17) is 0 Å². The molecule has 110 valence electrons. The predicted octanol–water partition coefficient (Wildman–Crippen LogP) is 3.01. The highest BCUT2D eigenvalue weighted by molar-refractivity contribution is 5.91. The van der Waals surface area contributed by atoms with E-state index < -0.39 is 0 Å². The first-order valence-electron chi connectivity index (χ1n) is 6.36. The van der Waals surface area contributed by atoms with Crippen molar-refractivity contribution in [3.05, 3.63) is 71.8 Å². The average Bonchev–Trinajstić information content (AvgIpc) is 2.47. The largest absolute Gasteiger partial charge is 0.352 e. The van der Waals surface area contributed by atoms with Gasteiger partial charge >= 0.3 is 0 Å². The molecule has 0 aliphatic carbocycles. The summed E-state index contributed by atoms with van der Waals surface area (Å²) < 4.78 is 13.3. The zero-order valence-corrected chi connectivity index (χ0v) is 12.1. The number of benzene rings is 1. The van der Waals surface area contributed by atoms with Crippen LogP contribution in [0.2, 0.25) is 0 Å². The lowest BCUT2D eigenvalue weighted by Gasteiger charge is -2.01. The van der Waals surface area contributed by atoms with Crippen LogP contribution in [0, 0.1) is 5.82 Å². The van der Waals surface area contributed by atoms with Crippen LogP contribution >= 0.6 is 12.4 Å². The Kier molecular flexibility index (Phi) is 7.12. The second-order valence-corrected chi connectivity index (χ2v) is 4.22. The predicted molar refractivity (Wildman–Crippen MR) is 83.6 cm³/mol. The number of rotatable bonds is 5. The van der Waals surface area contributed by atoms with E-state index in [1.54, 1.807) is 24.4 Å². The summed E-state index contributed by atoms with van der Waals surface area (Å²) >= 11 is 0. The van der Waals surface area contributed by atoms with Gasteiger partial charge in [0.05, 0.1) is 0 Å². The summed E-state index contributed by atoms with van der Waals surface area (Å²) in [5.74, 6) is -0.589. The van der Waals surface area contributed by atoms with Crippen LogP contribution in [0.15, 0.2) is 54.7 Å². The van der Waals surface area contributed by atoms with Crippen molar-refractivity contribution in [3.63, 3.8) is 0 Å². The number of aromatic nitrogens is 1. The first-order chi connectivity index (χ1) is 9.75. The molecule has 0 saturated heterocycles. The molecule has 2 rings (SSSR count). The van der Waals surface area contributed by atoms with Gasteiger partial charge in [-0.05, 0) is 24.3 Å². The fourth-order valence-corrected chi connectivity index (χ4v) is 1.69. The normalized spacial score (nSPS) is 10.1. The van der Waals surface area contributed by atoms with E-state index in [-0.39, 0.29) is 24.1 Å². The molecule has 21 heavy (non-hydrogen) atoms. The lowest BCUT2D eigenvalue weighted by atomic mass is 10.2. The molecule has 1 amide bonds. The molecule has 5 heteroatoms. The topological polar surface area (TPSA) is 42.0 Å². The van der Waals surface area contributed by atoms with Gasteiger partial charge in [0.1, 0.15) is 5.82 Å². The summed E-state index contributed by atoms with van der Waals surface area (Å²) in [5, 5.41) is 2.73. The van der Waals surface area contributed by atoms with Gasteiger partial charge in [0, 0.05) is 36.5 Å². The van der Waals surface area contributed by atoms with Crippen LogP contribution in [-0.4, -0.2) is 17.4 Å². The molecular weight excluding hydrogens is 291 g/mol. The maximum Gasteiger partial charge on any atom is 0.244 e. The Morgan fingerprint density at radius 1 is 1.19 bits per heavy atom. The number of hydrogen-bond donors (Lipinski definition) is 1. The highest BCUT2D eigenvalue weighted by Crippen LogP contribution is 2.07. The first-order valence-corrected chi connectivity index (χ1v) is 6.36. The SMILES string of the molecule is Cl.O=C(/C=C/c1ccccc1F)NCCc1ccccn1. The van der Waals surface area contributed by atoms with Gasteiger partial charge in [-0.1, -0.05) is 24.3 Å². The molecule has 0 bridgehead atoms. The molecule has 1 aromatic heterocycles. The van der Waals surface area contributed by atoms with Crippen LogP contribution in [0.5, 0.6) is 0 Å². The molecule has 1 heterocycles. The third kappa shape index (κ3) is 5.75. The average molecular weight is 307 g/mol. The van der Waals surface area contributed by atoms with Gasteiger partial charge in [-0.15, -0.1) is 12.4 Å². The molecule has 0 fully saturated rings. The third-order valence-corrected chi connectivity index (χ3v) is 2.73. The summed E-state index contributed by atoms with van der Waals surface area (Å²) in [4.78, 5) is 15.7. The molecule has 2 aromatic rings. The first kappa shape index (κ1) is 16.9. The summed E-state index contributed by atoms with van der Waals surface area (Å²) in [6.07, 6.45) is 5.18. The van der Waals surface area contributed by atoms with Gasteiger partial charge in [-0.25, -0.2) is 4.39 Å².